The van der Waals surface area contributed by atoms with Gasteiger partial charge >= 0.3 is 5.97 Å². The second kappa shape index (κ2) is 8.60. The lowest BCUT2D eigenvalue weighted by Gasteiger charge is -2.31. The largest absolute Gasteiger partial charge is 0.465 e. The first-order chi connectivity index (χ1) is 9.48. The summed E-state index contributed by atoms with van der Waals surface area (Å²) in [5.41, 5.74) is -0.607. The number of esters is 1. The van der Waals surface area contributed by atoms with Gasteiger partial charge in [0.25, 0.3) is 0 Å². The second-order valence-corrected chi connectivity index (χ2v) is 5.84. The van der Waals surface area contributed by atoms with Crippen molar-refractivity contribution in [2.75, 3.05) is 26.4 Å². The van der Waals surface area contributed by atoms with Crippen molar-refractivity contribution in [3.63, 3.8) is 0 Å². The number of hydrogen-bond acceptors (Lipinski definition) is 5. The van der Waals surface area contributed by atoms with Gasteiger partial charge in [-0.15, -0.1) is 0 Å². The monoisotopic (exact) mass is 287 g/mol. The maximum absolute atomic E-state index is 12.1. The zero-order chi connectivity index (χ0) is 15.0. The molecule has 1 aliphatic rings. The fourth-order valence-electron chi connectivity index (χ4n) is 2.30. The molecule has 1 saturated heterocycles. The molecule has 0 radical (unpaired) electrons. The van der Waals surface area contributed by atoms with E-state index in [-0.39, 0.29) is 18.1 Å². The van der Waals surface area contributed by atoms with Gasteiger partial charge in [0, 0.05) is 12.6 Å². The highest BCUT2D eigenvalue weighted by Crippen LogP contribution is 2.18. The lowest BCUT2D eigenvalue weighted by Crippen LogP contribution is -2.53. The molecule has 1 N–H and O–H groups in total. The Morgan fingerprint density at radius 1 is 1.40 bits per heavy atom. The van der Waals surface area contributed by atoms with E-state index < -0.39 is 5.54 Å². The molecule has 5 heteroatoms. The zero-order valence-electron chi connectivity index (χ0n) is 13.2. The van der Waals surface area contributed by atoms with Gasteiger partial charge in [0.15, 0.2) is 0 Å². The normalized spacial score (nSPS) is 18.6. The third-order valence-electron chi connectivity index (χ3n) is 3.37. The van der Waals surface area contributed by atoms with Crippen LogP contribution in [0.3, 0.4) is 0 Å². The van der Waals surface area contributed by atoms with E-state index in [4.69, 9.17) is 14.2 Å². The van der Waals surface area contributed by atoms with Crippen LogP contribution in [0.4, 0.5) is 0 Å². The Bertz CT molecular complexity index is 292. The molecule has 0 aliphatic carbocycles. The molecule has 1 rings (SSSR count). The minimum Gasteiger partial charge on any atom is -0.465 e. The molecule has 1 atom stereocenters. The molecule has 1 heterocycles. The Kier molecular flexibility index (Phi) is 7.48. The highest BCUT2D eigenvalue weighted by atomic mass is 16.6. The molecule has 0 bridgehead atoms. The lowest BCUT2D eigenvalue weighted by molar-refractivity contribution is -0.151. The number of unbranched alkanes of at least 4 members (excludes halogenated alkanes) is 1. The topological polar surface area (TPSA) is 56.8 Å². The number of rotatable bonds is 10. The Morgan fingerprint density at radius 3 is 2.60 bits per heavy atom. The third kappa shape index (κ3) is 5.77. The molecule has 1 unspecified atom stereocenters. The van der Waals surface area contributed by atoms with Crippen LogP contribution in [0, 0.1) is 0 Å². The van der Waals surface area contributed by atoms with Gasteiger partial charge in [0.05, 0.1) is 19.8 Å². The average Bonchev–Trinajstić information content (AvgIpc) is 2.30. The molecule has 1 aliphatic heterocycles. The lowest BCUT2D eigenvalue weighted by atomic mass is 9.94. The molecule has 5 nitrogen and oxygen atoms in total. The SMILES string of the molecule is CCOC(=O)C(C)(CCCCOC1COC1)NC(C)C. The number of carbonyl (C=O) groups excluding carboxylic acids is 1. The minimum atomic E-state index is -0.607. The van der Waals surface area contributed by atoms with Crippen molar-refractivity contribution in [2.45, 2.75) is 64.6 Å². The summed E-state index contributed by atoms with van der Waals surface area (Å²) in [5.74, 6) is -0.165. The van der Waals surface area contributed by atoms with Crippen LogP contribution in [0.15, 0.2) is 0 Å². The van der Waals surface area contributed by atoms with Crippen molar-refractivity contribution in [1.82, 2.24) is 5.32 Å². The molecule has 0 amide bonds. The quantitative estimate of drug-likeness (QED) is 0.491. The van der Waals surface area contributed by atoms with Crippen molar-refractivity contribution < 1.29 is 19.0 Å². The van der Waals surface area contributed by atoms with Gasteiger partial charge in [-0.05, 0) is 47.0 Å². The van der Waals surface area contributed by atoms with Crippen molar-refractivity contribution >= 4 is 5.97 Å². The van der Waals surface area contributed by atoms with Gasteiger partial charge in [-0.25, -0.2) is 0 Å². The van der Waals surface area contributed by atoms with Crippen LogP contribution < -0.4 is 5.32 Å². The summed E-state index contributed by atoms with van der Waals surface area (Å²) in [6, 6.07) is 0.243. The summed E-state index contributed by atoms with van der Waals surface area (Å²) in [7, 11) is 0. The van der Waals surface area contributed by atoms with Crippen molar-refractivity contribution in [1.29, 1.82) is 0 Å². The molecule has 0 aromatic carbocycles. The van der Waals surface area contributed by atoms with Crippen molar-refractivity contribution in [3.05, 3.63) is 0 Å². The molecule has 1 fully saturated rings. The van der Waals surface area contributed by atoms with Crippen molar-refractivity contribution in [3.8, 4) is 0 Å². The van der Waals surface area contributed by atoms with E-state index in [2.05, 4.69) is 5.32 Å². The van der Waals surface area contributed by atoms with E-state index in [0.29, 0.717) is 6.61 Å². The van der Waals surface area contributed by atoms with Crippen LogP contribution in [-0.2, 0) is 19.0 Å². The summed E-state index contributed by atoms with van der Waals surface area (Å²) in [6.45, 7) is 10.4. The first-order valence-electron chi connectivity index (χ1n) is 7.62. The van der Waals surface area contributed by atoms with Crippen LogP contribution in [0.25, 0.3) is 0 Å². The van der Waals surface area contributed by atoms with E-state index in [1.54, 1.807) is 0 Å². The maximum atomic E-state index is 12.1. The Balaban J connectivity index is 2.29. The zero-order valence-corrected chi connectivity index (χ0v) is 13.2. The number of hydrogen-bond donors (Lipinski definition) is 1. The van der Waals surface area contributed by atoms with E-state index in [9.17, 15) is 4.79 Å². The predicted octanol–water partition coefficient (Wildman–Crippen LogP) is 1.89. The molecule has 20 heavy (non-hydrogen) atoms. The highest BCUT2D eigenvalue weighted by molar-refractivity contribution is 5.80. The molecule has 0 aromatic rings. The summed E-state index contributed by atoms with van der Waals surface area (Å²) in [4.78, 5) is 12.1. The van der Waals surface area contributed by atoms with E-state index in [1.807, 2.05) is 27.7 Å². The first-order valence-corrected chi connectivity index (χ1v) is 7.62. The van der Waals surface area contributed by atoms with Crippen LogP contribution in [0.2, 0.25) is 0 Å². The number of nitrogens with one attached hydrogen (secondary N) is 1. The number of carbonyl (C=O) groups is 1. The van der Waals surface area contributed by atoms with Crippen molar-refractivity contribution in [2.24, 2.45) is 0 Å². The van der Waals surface area contributed by atoms with Crippen LogP contribution in [-0.4, -0.2) is 50.1 Å². The third-order valence-corrected chi connectivity index (χ3v) is 3.37. The number of ether oxygens (including phenoxy) is 3. The first kappa shape index (κ1) is 17.4. The van der Waals surface area contributed by atoms with Gasteiger partial charge in [0.2, 0.25) is 0 Å². The van der Waals surface area contributed by atoms with E-state index >= 15 is 0 Å². The second-order valence-electron chi connectivity index (χ2n) is 5.84. The van der Waals surface area contributed by atoms with Gasteiger partial charge in [-0.3, -0.25) is 10.1 Å². The van der Waals surface area contributed by atoms with Gasteiger partial charge in [-0.2, -0.15) is 0 Å². The van der Waals surface area contributed by atoms with E-state index in [0.717, 1.165) is 39.1 Å². The molecular formula is C15H29NO4. The summed E-state index contributed by atoms with van der Waals surface area (Å²) < 4.78 is 15.9. The Morgan fingerprint density at radius 2 is 2.10 bits per heavy atom. The Labute approximate surface area is 122 Å². The van der Waals surface area contributed by atoms with Crippen LogP contribution >= 0.6 is 0 Å². The van der Waals surface area contributed by atoms with Crippen LogP contribution in [0.5, 0.6) is 0 Å². The molecule has 0 spiro atoms. The summed E-state index contributed by atoms with van der Waals surface area (Å²) in [6.07, 6.45) is 2.92. The predicted molar refractivity (Wildman–Crippen MR) is 77.7 cm³/mol. The summed E-state index contributed by atoms with van der Waals surface area (Å²) in [5, 5.41) is 3.33. The summed E-state index contributed by atoms with van der Waals surface area (Å²) >= 11 is 0. The van der Waals surface area contributed by atoms with Gasteiger partial charge < -0.3 is 14.2 Å². The van der Waals surface area contributed by atoms with Crippen LogP contribution in [0.1, 0.15) is 47.0 Å². The average molecular weight is 287 g/mol. The fourth-order valence-corrected chi connectivity index (χ4v) is 2.30. The molecular weight excluding hydrogens is 258 g/mol. The minimum absolute atomic E-state index is 0.165. The Hall–Kier alpha value is -0.650. The van der Waals surface area contributed by atoms with Gasteiger partial charge in [0.1, 0.15) is 11.6 Å². The van der Waals surface area contributed by atoms with Gasteiger partial charge in [-0.1, -0.05) is 0 Å². The maximum Gasteiger partial charge on any atom is 0.326 e. The standard InChI is InChI=1S/C15H29NO4/c1-5-19-14(17)15(4,16-12(2)3)8-6-7-9-20-13-10-18-11-13/h12-13,16H,5-11H2,1-4H3. The van der Waals surface area contributed by atoms with E-state index in [1.165, 1.54) is 0 Å². The molecule has 0 aromatic heterocycles. The highest BCUT2D eigenvalue weighted by Gasteiger charge is 2.34. The molecule has 118 valence electrons. The smallest absolute Gasteiger partial charge is 0.326 e. The fraction of sp³-hybridized carbons (Fsp3) is 0.933. The molecule has 0 saturated carbocycles.